The van der Waals surface area contributed by atoms with Gasteiger partial charge >= 0.3 is 0 Å². The summed E-state index contributed by atoms with van der Waals surface area (Å²) in [6.45, 7) is 0.489. The fraction of sp³-hybridized carbons (Fsp3) is 0.375. The highest BCUT2D eigenvalue weighted by molar-refractivity contribution is 6.29. The average molecular weight is 186 g/mol. The van der Waals surface area contributed by atoms with Gasteiger partial charge in [-0.2, -0.15) is 0 Å². The van der Waals surface area contributed by atoms with Gasteiger partial charge in [-0.25, -0.2) is 4.98 Å². The van der Waals surface area contributed by atoms with Gasteiger partial charge < -0.3 is 10.6 Å². The summed E-state index contributed by atoms with van der Waals surface area (Å²) in [5.74, 6) is 0.836. The van der Waals surface area contributed by atoms with Gasteiger partial charge in [-0.05, 0) is 17.7 Å². The lowest BCUT2D eigenvalue weighted by molar-refractivity contribution is 1.02. The number of pyridine rings is 1. The summed E-state index contributed by atoms with van der Waals surface area (Å²) in [7, 11) is 3.83. The molecule has 0 saturated carbocycles. The summed E-state index contributed by atoms with van der Waals surface area (Å²) in [5, 5.41) is 0.488. The van der Waals surface area contributed by atoms with Gasteiger partial charge in [0.1, 0.15) is 11.0 Å². The first-order valence-corrected chi connectivity index (χ1v) is 4.05. The normalized spacial score (nSPS) is 10.0. The van der Waals surface area contributed by atoms with Crippen LogP contribution in [0.3, 0.4) is 0 Å². The Bertz CT molecular complexity index is 273. The third kappa shape index (κ3) is 2.09. The Labute approximate surface area is 77.1 Å². The molecule has 0 aliphatic heterocycles. The van der Waals surface area contributed by atoms with Crippen LogP contribution in [0.25, 0.3) is 0 Å². The number of halogens is 1. The molecule has 12 heavy (non-hydrogen) atoms. The number of rotatable bonds is 2. The highest BCUT2D eigenvalue weighted by Gasteiger charge is 2.00. The van der Waals surface area contributed by atoms with Crippen molar-refractivity contribution >= 4 is 17.4 Å². The molecule has 0 aliphatic carbocycles. The van der Waals surface area contributed by atoms with E-state index in [2.05, 4.69) is 4.98 Å². The number of aromatic nitrogens is 1. The van der Waals surface area contributed by atoms with E-state index >= 15 is 0 Å². The number of hydrogen-bond acceptors (Lipinski definition) is 3. The van der Waals surface area contributed by atoms with Crippen molar-refractivity contribution in [2.45, 2.75) is 6.54 Å². The van der Waals surface area contributed by atoms with E-state index in [9.17, 15) is 0 Å². The molecule has 0 radical (unpaired) electrons. The minimum Gasteiger partial charge on any atom is -0.363 e. The van der Waals surface area contributed by atoms with Crippen LogP contribution in [-0.2, 0) is 6.54 Å². The topological polar surface area (TPSA) is 42.1 Å². The SMILES string of the molecule is CN(C)c1cc(CN)cc(Cl)n1. The van der Waals surface area contributed by atoms with Crippen LogP contribution in [-0.4, -0.2) is 19.1 Å². The van der Waals surface area contributed by atoms with Crippen molar-refractivity contribution in [1.82, 2.24) is 4.98 Å². The summed E-state index contributed by atoms with van der Waals surface area (Å²) >= 11 is 5.78. The van der Waals surface area contributed by atoms with Crippen molar-refractivity contribution in [2.24, 2.45) is 5.73 Å². The molecule has 0 fully saturated rings. The van der Waals surface area contributed by atoms with Crippen molar-refractivity contribution in [3.05, 3.63) is 22.8 Å². The molecule has 0 saturated heterocycles. The molecule has 0 unspecified atom stereocenters. The van der Waals surface area contributed by atoms with E-state index in [1.807, 2.05) is 25.1 Å². The van der Waals surface area contributed by atoms with Crippen molar-refractivity contribution < 1.29 is 0 Å². The standard InChI is InChI=1S/C8H12ClN3/c1-12(2)8-4-6(5-10)3-7(9)11-8/h3-4H,5,10H2,1-2H3. The Kier molecular flexibility index (Phi) is 2.89. The Morgan fingerprint density at radius 1 is 1.50 bits per heavy atom. The molecule has 1 aromatic rings. The van der Waals surface area contributed by atoms with Crippen LogP contribution >= 0.6 is 11.6 Å². The number of nitrogens with zero attached hydrogens (tertiary/aromatic N) is 2. The minimum absolute atomic E-state index is 0.488. The van der Waals surface area contributed by atoms with Crippen molar-refractivity contribution in [3.8, 4) is 0 Å². The number of hydrogen-bond donors (Lipinski definition) is 1. The third-order valence-corrected chi connectivity index (χ3v) is 1.73. The smallest absolute Gasteiger partial charge is 0.131 e. The molecule has 4 heteroatoms. The maximum absolute atomic E-state index is 5.78. The fourth-order valence-corrected chi connectivity index (χ4v) is 1.11. The van der Waals surface area contributed by atoms with Gasteiger partial charge in [0.25, 0.3) is 0 Å². The molecule has 2 N–H and O–H groups in total. The van der Waals surface area contributed by atoms with Crippen LogP contribution < -0.4 is 10.6 Å². The molecule has 3 nitrogen and oxygen atoms in total. The van der Waals surface area contributed by atoms with E-state index in [1.54, 1.807) is 6.07 Å². The quantitative estimate of drug-likeness (QED) is 0.706. The second-order valence-corrected chi connectivity index (χ2v) is 3.14. The first-order valence-electron chi connectivity index (χ1n) is 3.67. The lowest BCUT2D eigenvalue weighted by Crippen LogP contribution is -2.11. The van der Waals surface area contributed by atoms with Gasteiger partial charge in [0.15, 0.2) is 0 Å². The van der Waals surface area contributed by atoms with Crippen LogP contribution in [0.1, 0.15) is 5.56 Å². The highest BCUT2D eigenvalue weighted by Crippen LogP contribution is 2.15. The summed E-state index contributed by atoms with van der Waals surface area (Å²) in [5.41, 5.74) is 6.48. The first-order chi connectivity index (χ1) is 5.63. The van der Waals surface area contributed by atoms with Gasteiger partial charge in [0, 0.05) is 20.6 Å². The predicted octanol–water partition coefficient (Wildman–Crippen LogP) is 1.26. The van der Waals surface area contributed by atoms with Crippen LogP contribution in [0.4, 0.5) is 5.82 Å². The maximum atomic E-state index is 5.78. The molecule has 0 aliphatic rings. The minimum atomic E-state index is 0.488. The second-order valence-electron chi connectivity index (χ2n) is 2.75. The molecule has 0 bridgehead atoms. The molecule has 66 valence electrons. The van der Waals surface area contributed by atoms with E-state index in [-0.39, 0.29) is 0 Å². The van der Waals surface area contributed by atoms with E-state index in [0.29, 0.717) is 11.7 Å². The van der Waals surface area contributed by atoms with Gasteiger partial charge in [-0.15, -0.1) is 0 Å². The fourth-order valence-electron chi connectivity index (χ4n) is 0.881. The largest absolute Gasteiger partial charge is 0.363 e. The third-order valence-electron chi connectivity index (χ3n) is 1.53. The van der Waals surface area contributed by atoms with Crippen LogP contribution in [0, 0.1) is 0 Å². The van der Waals surface area contributed by atoms with Crippen molar-refractivity contribution in [3.63, 3.8) is 0 Å². The molecule has 1 aromatic heterocycles. The van der Waals surface area contributed by atoms with E-state index in [0.717, 1.165) is 11.4 Å². The van der Waals surface area contributed by atoms with Gasteiger partial charge in [0.2, 0.25) is 0 Å². The van der Waals surface area contributed by atoms with E-state index in [1.165, 1.54) is 0 Å². The van der Waals surface area contributed by atoms with Crippen molar-refractivity contribution in [1.29, 1.82) is 0 Å². The Hall–Kier alpha value is -0.800. The van der Waals surface area contributed by atoms with E-state index < -0.39 is 0 Å². The van der Waals surface area contributed by atoms with Crippen LogP contribution in [0.5, 0.6) is 0 Å². The van der Waals surface area contributed by atoms with Gasteiger partial charge in [0.05, 0.1) is 0 Å². The Morgan fingerprint density at radius 3 is 2.67 bits per heavy atom. The zero-order valence-electron chi connectivity index (χ0n) is 7.21. The summed E-state index contributed by atoms with van der Waals surface area (Å²) in [6, 6.07) is 3.69. The summed E-state index contributed by atoms with van der Waals surface area (Å²) < 4.78 is 0. The molecule has 0 aromatic carbocycles. The Morgan fingerprint density at radius 2 is 2.17 bits per heavy atom. The molecule has 0 spiro atoms. The molecule has 1 heterocycles. The monoisotopic (exact) mass is 185 g/mol. The average Bonchev–Trinajstić information content (AvgIpc) is 2.03. The zero-order chi connectivity index (χ0) is 9.14. The summed E-state index contributed by atoms with van der Waals surface area (Å²) in [6.07, 6.45) is 0. The van der Waals surface area contributed by atoms with Gasteiger partial charge in [-0.1, -0.05) is 11.6 Å². The first kappa shape index (κ1) is 9.29. The highest BCUT2D eigenvalue weighted by atomic mass is 35.5. The molecule has 1 rings (SSSR count). The molecule has 0 amide bonds. The zero-order valence-corrected chi connectivity index (χ0v) is 7.97. The van der Waals surface area contributed by atoms with Crippen molar-refractivity contribution in [2.75, 3.05) is 19.0 Å². The molecule has 0 atom stereocenters. The summed E-state index contributed by atoms with van der Waals surface area (Å²) in [4.78, 5) is 6.01. The molecular formula is C8H12ClN3. The van der Waals surface area contributed by atoms with E-state index in [4.69, 9.17) is 17.3 Å². The van der Waals surface area contributed by atoms with Crippen LogP contribution in [0.2, 0.25) is 5.15 Å². The lowest BCUT2D eigenvalue weighted by atomic mass is 10.2. The van der Waals surface area contributed by atoms with Gasteiger partial charge in [-0.3, -0.25) is 0 Å². The maximum Gasteiger partial charge on any atom is 0.131 e. The number of anilines is 1. The predicted molar refractivity (Wildman–Crippen MR) is 51.5 cm³/mol. The second kappa shape index (κ2) is 3.74. The molecular weight excluding hydrogens is 174 g/mol. The number of nitrogens with two attached hydrogens (primary N) is 1. The Balaban J connectivity index is 3.06. The lowest BCUT2D eigenvalue weighted by Gasteiger charge is -2.12. The van der Waals surface area contributed by atoms with Crippen LogP contribution in [0.15, 0.2) is 12.1 Å².